The van der Waals surface area contributed by atoms with Crippen LogP contribution in [0.15, 0.2) is 48.5 Å². The molecule has 7 nitrogen and oxygen atoms in total. The number of hydrogen-bond acceptors (Lipinski definition) is 5. The van der Waals surface area contributed by atoms with E-state index in [9.17, 15) is 13.2 Å². The fourth-order valence-corrected chi connectivity index (χ4v) is 3.71. The number of sulfonamides is 1. The van der Waals surface area contributed by atoms with Crippen LogP contribution in [0.5, 0.6) is 11.5 Å². The number of carbonyl (C=O) groups is 1. The van der Waals surface area contributed by atoms with Crippen LogP contribution in [0.1, 0.15) is 6.92 Å². The van der Waals surface area contributed by atoms with Crippen LogP contribution in [0.4, 0.5) is 11.4 Å². The van der Waals surface area contributed by atoms with Gasteiger partial charge in [0, 0.05) is 6.07 Å². The number of methoxy groups -OCH3 is 2. The molecule has 0 spiro atoms. The third-order valence-corrected chi connectivity index (χ3v) is 5.00. The van der Waals surface area contributed by atoms with E-state index in [-0.39, 0.29) is 0 Å². The lowest BCUT2D eigenvalue weighted by Gasteiger charge is -2.28. The standard InChI is InChI=1S/C18H22N2O5S/c1-13(18(21)19-16-10-5-6-11-17(16)25-3)20(26(4,22)23)14-8-7-9-15(12-14)24-2/h5-13H,1-4H3,(H,19,21)/t13-/m0/s1. The Morgan fingerprint density at radius 1 is 1.08 bits per heavy atom. The first-order valence-corrected chi connectivity index (χ1v) is 9.70. The van der Waals surface area contributed by atoms with Crippen molar-refractivity contribution in [2.24, 2.45) is 0 Å². The Balaban J connectivity index is 2.34. The Hall–Kier alpha value is -2.74. The highest BCUT2D eigenvalue weighted by Crippen LogP contribution is 2.27. The lowest BCUT2D eigenvalue weighted by atomic mass is 10.2. The summed E-state index contributed by atoms with van der Waals surface area (Å²) in [5, 5.41) is 2.71. The van der Waals surface area contributed by atoms with Crippen molar-refractivity contribution in [1.82, 2.24) is 0 Å². The Labute approximate surface area is 153 Å². The van der Waals surface area contributed by atoms with Crippen molar-refractivity contribution in [3.63, 3.8) is 0 Å². The molecule has 140 valence electrons. The highest BCUT2D eigenvalue weighted by atomic mass is 32.2. The number of benzene rings is 2. The molecule has 0 aliphatic heterocycles. The van der Waals surface area contributed by atoms with Crippen LogP contribution in [-0.2, 0) is 14.8 Å². The van der Waals surface area contributed by atoms with Gasteiger partial charge in [0.25, 0.3) is 0 Å². The average molecular weight is 378 g/mol. The van der Waals surface area contributed by atoms with Gasteiger partial charge in [-0.3, -0.25) is 9.10 Å². The Morgan fingerprint density at radius 2 is 1.77 bits per heavy atom. The lowest BCUT2D eigenvalue weighted by molar-refractivity contribution is -0.116. The van der Waals surface area contributed by atoms with Crippen molar-refractivity contribution in [2.45, 2.75) is 13.0 Å². The van der Waals surface area contributed by atoms with Gasteiger partial charge in [0.1, 0.15) is 17.5 Å². The Kier molecular flexibility index (Phi) is 6.10. The summed E-state index contributed by atoms with van der Waals surface area (Å²) in [7, 11) is -0.728. The van der Waals surface area contributed by atoms with Gasteiger partial charge in [-0.2, -0.15) is 0 Å². The van der Waals surface area contributed by atoms with E-state index in [0.717, 1.165) is 10.6 Å². The van der Waals surface area contributed by atoms with E-state index >= 15 is 0 Å². The van der Waals surface area contributed by atoms with E-state index < -0.39 is 22.0 Å². The molecular formula is C18H22N2O5S. The second-order valence-electron chi connectivity index (χ2n) is 5.63. The largest absolute Gasteiger partial charge is 0.497 e. The molecule has 2 aromatic rings. The second kappa shape index (κ2) is 8.09. The number of rotatable bonds is 7. The van der Waals surface area contributed by atoms with Crippen LogP contribution in [0.3, 0.4) is 0 Å². The van der Waals surface area contributed by atoms with Crippen LogP contribution >= 0.6 is 0 Å². The van der Waals surface area contributed by atoms with Gasteiger partial charge in [-0.15, -0.1) is 0 Å². The summed E-state index contributed by atoms with van der Waals surface area (Å²) >= 11 is 0. The van der Waals surface area contributed by atoms with Gasteiger partial charge in [-0.25, -0.2) is 8.42 Å². The van der Waals surface area contributed by atoms with Gasteiger partial charge in [0.15, 0.2) is 0 Å². The molecule has 8 heteroatoms. The number of anilines is 2. The van der Waals surface area contributed by atoms with Crippen molar-refractivity contribution < 1.29 is 22.7 Å². The van der Waals surface area contributed by atoms with E-state index in [0.29, 0.717) is 22.9 Å². The third kappa shape index (κ3) is 4.45. The summed E-state index contributed by atoms with van der Waals surface area (Å²) in [6.07, 6.45) is 1.05. The molecule has 0 heterocycles. The number of hydrogen-bond donors (Lipinski definition) is 1. The maximum atomic E-state index is 12.7. The highest BCUT2D eigenvalue weighted by Gasteiger charge is 2.29. The molecule has 2 rings (SSSR count). The fraction of sp³-hybridized carbons (Fsp3) is 0.278. The van der Waals surface area contributed by atoms with Crippen molar-refractivity contribution in [3.8, 4) is 11.5 Å². The maximum absolute atomic E-state index is 12.7. The molecule has 0 fully saturated rings. The predicted molar refractivity (Wildman–Crippen MR) is 101 cm³/mol. The number of ether oxygens (including phenoxy) is 2. The summed E-state index contributed by atoms with van der Waals surface area (Å²) in [5.41, 5.74) is 0.806. The molecule has 0 radical (unpaired) electrons. The van der Waals surface area contributed by atoms with Gasteiger partial charge in [-0.1, -0.05) is 18.2 Å². The first kappa shape index (κ1) is 19.6. The van der Waals surface area contributed by atoms with Crippen LogP contribution in [0.2, 0.25) is 0 Å². The number of nitrogens with one attached hydrogen (secondary N) is 1. The molecule has 0 unspecified atom stereocenters. The summed E-state index contributed by atoms with van der Waals surface area (Å²) in [5.74, 6) is 0.497. The minimum atomic E-state index is -3.71. The molecule has 26 heavy (non-hydrogen) atoms. The van der Waals surface area contributed by atoms with E-state index in [1.165, 1.54) is 21.1 Å². The third-order valence-electron chi connectivity index (χ3n) is 3.76. The van der Waals surface area contributed by atoms with E-state index in [1.54, 1.807) is 48.5 Å². The first-order valence-electron chi connectivity index (χ1n) is 7.85. The molecule has 1 N–H and O–H groups in total. The van der Waals surface area contributed by atoms with Gasteiger partial charge < -0.3 is 14.8 Å². The average Bonchev–Trinajstić information content (AvgIpc) is 2.61. The summed E-state index contributed by atoms with van der Waals surface area (Å²) < 4.78 is 36.1. The number of nitrogens with zero attached hydrogens (tertiary/aromatic N) is 1. The normalized spacial score (nSPS) is 12.2. The van der Waals surface area contributed by atoms with Crippen molar-refractivity contribution in [1.29, 1.82) is 0 Å². The molecular weight excluding hydrogens is 356 g/mol. The highest BCUT2D eigenvalue weighted by molar-refractivity contribution is 7.92. The minimum Gasteiger partial charge on any atom is -0.497 e. The molecule has 1 amide bonds. The number of amides is 1. The smallest absolute Gasteiger partial charge is 0.248 e. The van der Waals surface area contributed by atoms with E-state index in [1.807, 2.05) is 0 Å². The van der Waals surface area contributed by atoms with Crippen LogP contribution in [0, 0.1) is 0 Å². The molecule has 0 aliphatic rings. The van der Waals surface area contributed by atoms with Crippen LogP contribution in [-0.4, -0.2) is 40.8 Å². The topological polar surface area (TPSA) is 84.9 Å². The predicted octanol–water partition coefficient (Wildman–Crippen LogP) is 2.50. The zero-order valence-electron chi connectivity index (χ0n) is 15.1. The van der Waals surface area contributed by atoms with Crippen LogP contribution < -0.4 is 19.1 Å². The number of carbonyl (C=O) groups excluding carboxylic acids is 1. The van der Waals surface area contributed by atoms with Crippen molar-refractivity contribution >= 4 is 27.3 Å². The monoisotopic (exact) mass is 378 g/mol. The first-order chi connectivity index (χ1) is 12.3. The maximum Gasteiger partial charge on any atom is 0.248 e. The summed E-state index contributed by atoms with van der Waals surface area (Å²) in [6.45, 7) is 1.52. The zero-order chi connectivity index (χ0) is 19.3. The van der Waals surface area contributed by atoms with Crippen molar-refractivity contribution in [3.05, 3.63) is 48.5 Å². The molecule has 2 aromatic carbocycles. The number of para-hydroxylation sites is 2. The van der Waals surface area contributed by atoms with Gasteiger partial charge >= 0.3 is 0 Å². The fourth-order valence-electron chi connectivity index (χ4n) is 2.54. The Morgan fingerprint density at radius 3 is 2.38 bits per heavy atom. The van der Waals surface area contributed by atoms with E-state index in [2.05, 4.69) is 5.32 Å². The Bertz CT molecular complexity index is 883. The second-order valence-corrected chi connectivity index (χ2v) is 7.49. The van der Waals surface area contributed by atoms with E-state index in [4.69, 9.17) is 9.47 Å². The molecule has 0 aliphatic carbocycles. The van der Waals surface area contributed by atoms with Crippen molar-refractivity contribution in [2.75, 3.05) is 30.1 Å². The van der Waals surface area contributed by atoms with Crippen LogP contribution in [0.25, 0.3) is 0 Å². The minimum absolute atomic E-state index is 0.342. The molecule has 1 atom stereocenters. The van der Waals surface area contributed by atoms with Gasteiger partial charge in [0.2, 0.25) is 15.9 Å². The van der Waals surface area contributed by atoms with Gasteiger partial charge in [-0.05, 0) is 31.2 Å². The van der Waals surface area contributed by atoms with Gasteiger partial charge in [0.05, 0.1) is 31.9 Å². The molecule has 0 bridgehead atoms. The SMILES string of the molecule is COc1cccc(N([C@@H](C)C(=O)Nc2ccccc2OC)S(C)(=O)=O)c1. The molecule has 0 saturated carbocycles. The molecule has 0 aromatic heterocycles. The quantitative estimate of drug-likeness (QED) is 0.800. The zero-order valence-corrected chi connectivity index (χ0v) is 15.9. The molecule has 0 saturated heterocycles. The lowest BCUT2D eigenvalue weighted by Crippen LogP contribution is -2.45. The summed E-state index contributed by atoms with van der Waals surface area (Å²) in [6, 6.07) is 12.5. The summed E-state index contributed by atoms with van der Waals surface area (Å²) in [4.78, 5) is 12.7.